The van der Waals surface area contributed by atoms with Gasteiger partial charge >= 0.3 is 6.09 Å². The summed E-state index contributed by atoms with van der Waals surface area (Å²) >= 11 is 0. The van der Waals surface area contributed by atoms with E-state index in [-0.39, 0.29) is 11.3 Å². The highest BCUT2D eigenvalue weighted by molar-refractivity contribution is 5.85. The lowest BCUT2D eigenvalue weighted by molar-refractivity contribution is 0.135. The van der Waals surface area contributed by atoms with Crippen molar-refractivity contribution in [2.45, 2.75) is 53.0 Å². The minimum Gasteiger partial charge on any atom is -0.465 e. The van der Waals surface area contributed by atoms with Gasteiger partial charge in [0.05, 0.1) is 34.7 Å². The Kier molecular flexibility index (Phi) is 5.44. The third-order valence-electron chi connectivity index (χ3n) is 6.53. The molecule has 1 aliphatic rings. The molecule has 1 saturated carbocycles. The van der Waals surface area contributed by atoms with Gasteiger partial charge in [-0.05, 0) is 62.6 Å². The number of carbonyl (C=O) groups is 1. The summed E-state index contributed by atoms with van der Waals surface area (Å²) in [5.74, 6) is 0.547. The van der Waals surface area contributed by atoms with Crippen molar-refractivity contribution in [2.24, 2.45) is 11.3 Å². The molecule has 1 aromatic carbocycles. The lowest BCUT2D eigenvalue weighted by Crippen LogP contribution is -2.39. The standard InChI is InChI=1S/C23H27N5O3/c1-15-16(2)26-31-21(15)28(22(29)30)12-18-5-4-8-23(3,10-18)13-27-14-25-19-7-6-17(11-24)9-20(19)27/h6-7,9,14,18H,4-5,8,10,12-13H2,1-3H3,(H,29,30)/t18?,23-/m0/s1. The first-order chi connectivity index (χ1) is 14.8. The van der Waals surface area contributed by atoms with Crippen LogP contribution in [0.1, 0.15) is 49.4 Å². The number of fused-ring (bicyclic) bond motifs is 1. The average Bonchev–Trinajstić information content (AvgIpc) is 3.28. The van der Waals surface area contributed by atoms with Crippen molar-refractivity contribution < 1.29 is 14.4 Å². The van der Waals surface area contributed by atoms with E-state index in [1.807, 2.05) is 32.3 Å². The van der Waals surface area contributed by atoms with Crippen LogP contribution in [0.4, 0.5) is 10.7 Å². The summed E-state index contributed by atoms with van der Waals surface area (Å²) < 4.78 is 7.45. The molecule has 1 fully saturated rings. The fourth-order valence-electron chi connectivity index (χ4n) is 4.84. The van der Waals surface area contributed by atoms with E-state index >= 15 is 0 Å². The van der Waals surface area contributed by atoms with Crippen LogP contribution in [0, 0.1) is 36.5 Å². The molecule has 1 unspecified atom stereocenters. The molecule has 0 saturated heterocycles. The molecular formula is C23H27N5O3. The maximum atomic E-state index is 12.0. The van der Waals surface area contributed by atoms with Gasteiger partial charge in [-0.15, -0.1) is 0 Å². The zero-order valence-electron chi connectivity index (χ0n) is 18.1. The molecule has 31 heavy (non-hydrogen) atoms. The summed E-state index contributed by atoms with van der Waals surface area (Å²) in [6.07, 6.45) is 4.81. The van der Waals surface area contributed by atoms with Gasteiger partial charge in [0.25, 0.3) is 0 Å². The SMILES string of the molecule is Cc1noc(N(CC2CCC[C@](C)(Cn3cnc4ccc(C#N)cc43)C2)C(=O)O)c1C. The molecular weight excluding hydrogens is 394 g/mol. The monoisotopic (exact) mass is 421 g/mol. The first-order valence-electron chi connectivity index (χ1n) is 10.6. The third-order valence-corrected chi connectivity index (χ3v) is 6.53. The molecule has 0 bridgehead atoms. The Morgan fingerprint density at radius 3 is 2.94 bits per heavy atom. The lowest BCUT2D eigenvalue weighted by atomic mass is 9.70. The second-order valence-corrected chi connectivity index (χ2v) is 9.05. The van der Waals surface area contributed by atoms with Gasteiger partial charge in [0, 0.05) is 18.7 Å². The summed E-state index contributed by atoms with van der Waals surface area (Å²) in [7, 11) is 0. The van der Waals surface area contributed by atoms with Crippen LogP contribution in [0.5, 0.6) is 0 Å². The van der Waals surface area contributed by atoms with Crippen LogP contribution < -0.4 is 4.90 Å². The van der Waals surface area contributed by atoms with E-state index in [1.54, 1.807) is 6.07 Å². The minimum atomic E-state index is -1.02. The summed E-state index contributed by atoms with van der Waals surface area (Å²) in [5, 5.41) is 22.9. The molecule has 8 heteroatoms. The molecule has 0 radical (unpaired) electrons. The van der Waals surface area contributed by atoms with E-state index in [2.05, 4.69) is 27.7 Å². The van der Waals surface area contributed by atoms with Crippen LogP contribution in [-0.2, 0) is 6.54 Å². The maximum absolute atomic E-state index is 12.0. The van der Waals surface area contributed by atoms with Gasteiger partial charge in [-0.2, -0.15) is 5.26 Å². The molecule has 4 rings (SSSR count). The van der Waals surface area contributed by atoms with Crippen molar-refractivity contribution in [2.75, 3.05) is 11.4 Å². The Morgan fingerprint density at radius 2 is 2.26 bits per heavy atom. The third kappa shape index (κ3) is 4.13. The van der Waals surface area contributed by atoms with Gasteiger partial charge < -0.3 is 14.2 Å². The van der Waals surface area contributed by atoms with Crippen LogP contribution in [0.3, 0.4) is 0 Å². The van der Waals surface area contributed by atoms with Gasteiger partial charge in [0.15, 0.2) is 0 Å². The summed E-state index contributed by atoms with van der Waals surface area (Å²) in [6.45, 7) is 7.08. The van der Waals surface area contributed by atoms with Crippen LogP contribution in [0.2, 0.25) is 0 Å². The first-order valence-corrected chi connectivity index (χ1v) is 10.6. The van der Waals surface area contributed by atoms with Crippen molar-refractivity contribution in [3.63, 3.8) is 0 Å². The normalized spacial score (nSPS) is 21.2. The van der Waals surface area contributed by atoms with Crippen molar-refractivity contribution in [1.29, 1.82) is 5.26 Å². The predicted octanol–water partition coefficient (Wildman–Crippen LogP) is 4.89. The number of carboxylic acid groups (broad SMARTS) is 1. The maximum Gasteiger partial charge on any atom is 0.414 e. The zero-order chi connectivity index (χ0) is 22.2. The number of rotatable bonds is 5. The van der Waals surface area contributed by atoms with E-state index < -0.39 is 6.09 Å². The van der Waals surface area contributed by atoms with E-state index in [0.29, 0.717) is 23.7 Å². The van der Waals surface area contributed by atoms with Crippen LogP contribution >= 0.6 is 0 Å². The molecule has 2 heterocycles. The second-order valence-electron chi connectivity index (χ2n) is 9.05. The summed E-state index contributed by atoms with van der Waals surface area (Å²) in [4.78, 5) is 17.7. The Balaban J connectivity index is 1.53. The smallest absolute Gasteiger partial charge is 0.414 e. The van der Waals surface area contributed by atoms with Crippen molar-refractivity contribution in [3.05, 3.63) is 41.3 Å². The minimum absolute atomic E-state index is 0.00967. The highest BCUT2D eigenvalue weighted by Crippen LogP contribution is 2.42. The number of hydrogen-bond donors (Lipinski definition) is 1. The molecule has 8 nitrogen and oxygen atoms in total. The van der Waals surface area contributed by atoms with Crippen LogP contribution in [-0.4, -0.2) is 32.5 Å². The molecule has 0 spiro atoms. The van der Waals surface area contributed by atoms with E-state index in [9.17, 15) is 15.2 Å². The van der Waals surface area contributed by atoms with Gasteiger partial charge in [-0.1, -0.05) is 18.5 Å². The fourth-order valence-corrected chi connectivity index (χ4v) is 4.84. The molecule has 162 valence electrons. The molecule has 1 N–H and O–H groups in total. The van der Waals surface area contributed by atoms with Gasteiger partial charge in [0.1, 0.15) is 0 Å². The average molecular weight is 422 g/mol. The summed E-state index contributed by atoms with van der Waals surface area (Å²) in [6, 6.07) is 7.74. The lowest BCUT2D eigenvalue weighted by Gasteiger charge is -2.39. The van der Waals surface area contributed by atoms with Crippen LogP contribution in [0.25, 0.3) is 11.0 Å². The van der Waals surface area contributed by atoms with Gasteiger partial charge in [0.2, 0.25) is 5.88 Å². The Morgan fingerprint density at radius 1 is 1.45 bits per heavy atom. The Bertz CT molecular complexity index is 1160. The van der Waals surface area contributed by atoms with E-state index in [1.165, 1.54) is 4.90 Å². The topological polar surface area (TPSA) is 108 Å². The quantitative estimate of drug-likeness (QED) is 0.628. The molecule has 1 aliphatic carbocycles. The molecule has 2 atom stereocenters. The number of imidazole rings is 1. The van der Waals surface area contributed by atoms with Crippen molar-refractivity contribution in [3.8, 4) is 6.07 Å². The number of amides is 1. The highest BCUT2D eigenvalue weighted by atomic mass is 16.5. The summed E-state index contributed by atoms with van der Waals surface area (Å²) in [5.41, 5.74) is 3.94. The predicted molar refractivity (Wildman–Crippen MR) is 116 cm³/mol. The number of benzene rings is 1. The fraction of sp³-hybridized carbons (Fsp3) is 0.478. The van der Waals surface area contributed by atoms with Crippen molar-refractivity contribution in [1.82, 2.24) is 14.7 Å². The molecule has 0 aliphatic heterocycles. The number of nitriles is 1. The molecule has 3 aromatic rings. The number of aromatic nitrogens is 3. The largest absolute Gasteiger partial charge is 0.465 e. The van der Waals surface area contributed by atoms with E-state index in [4.69, 9.17) is 4.52 Å². The zero-order valence-corrected chi connectivity index (χ0v) is 18.1. The van der Waals surface area contributed by atoms with Crippen LogP contribution in [0.15, 0.2) is 29.0 Å². The second kappa shape index (κ2) is 8.06. The van der Waals surface area contributed by atoms with Gasteiger partial charge in [-0.3, -0.25) is 0 Å². The van der Waals surface area contributed by atoms with Gasteiger partial charge in [-0.25, -0.2) is 14.7 Å². The van der Waals surface area contributed by atoms with E-state index in [0.717, 1.165) is 48.8 Å². The Hall–Kier alpha value is -3.34. The number of anilines is 1. The number of hydrogen-bond acceptors (Lipinski definition) is 5. The molecule has 2 aromatic heterocycles. The highest BCUT2D eigenvalue weighted by Gasteiger charge is 2.35. The number of nitrogens with zero attached hydrogens (tertiary/aromatic N) is 5. The first kappa shape index (κ1) is 20.9. The van der Waals surface area contributed by atoms with Crippen molar-refractivity contribution >= 4 is 23.0 Å². The number of aryl methyl sites for hydroxylation is 1. The Labute approximate surface area is 181 Å². The molecule has 1 amide bonds.